The van der Waals surface area contributed by atoms with Crippen LogP contribution in [0.4, 0.5) is 14.5 Å². The molecule has 134 valence electrons. The molecule has 1 amide bonds. The molecule has 0 aliphatic rings. The first-order valence-electron chi connectivity index (χ1n) is 8.07. The molecule has 1 N–H and O–H groups in total. The van der Waals surface area contributed by atoms with E-state index in [0.29, 0.717) is 13.2 Å². The Morgan fingerprint density at radius 1 is 1.16 bits per heavy atom. The number of carbonyl (C=O) groups is 1. The van der Waals surface area contributed by atoms with Crippen LogP contribution in [0.5, 0.6) is 5.75 Å². The van der Waals surface area contributed by atoms with Gasteiger partial charge in [0, 0.05) is 18.3 Å². The van der Waals surface area contributed by atoms with Crippen LogP contribution in [-0.2, 0) is 4.79 Å². The summed E-state index contributed by atoms with van der Waals surface area (Å²) in [7, 11) is 1.81. The van der Waals surface area contributed by atoms with Crippen LogP contribution in [0, 0.1) is 18.6 Å². The van der Waals surface area contributed by atoms with Crippen molar-refractivity contribution in [1.82, 2.24) is 4.90 Å². The number of carbonyl (C=O) groups excluding carboxylic acids is 1. The van der Waals surface area contributed by atoms with Gasteiger partial charge in [-0.1, -0.05) is 18.2 Å². The fourth-order valence-corrected chi connectivity index (χ4v) is 2.39. The Morgan fingerprint density at radius 3 is 2.52 bits per heavy atom. The number of rotatable bonds is 8. The maximum absolute atomic E-state index is 13.1. The topological polar surface area (TPSA) is 41.6 Å². The number of halogens is 2. The van der Waals surface area contributed by atoms with Gasteiger partial charge in [-0.25, -0.2) is 8.78 Å². The molecule has 25 heavy (non-hydrogen) atoms. The maximum atomic E-state index is 13.1. The molecule has 0 saturated carbocycles. The van der Waals surface area contributed by atoms with E-state index in [4.69, 9.17) is 4.74 Å². The number of ether oxygens (including phenoxy) is 1. The first-order chi connectivity index (χ1) is 11.9. The van der Waals surface area contributed by atoms with E-state index in [0.717, 1.165) is 35.9 Å². The van der Waals surface area contributed by atoms with Crippen LogP contribution in [0.25, 0.3) is 0 Å². The third-order valence-corrected chi connectivity index (χ3v) is 3.60. The SMILES string of the molecule is Cc1ccccc1OCCCN(C)CC(=O)Nc1cc(F)cc(F)c1. The highest BCUT2D eigenvalue weighted by atomic mass is 19.1. The summed E-state index contributed by atoms with van der Waals surface area (Å²) in [6.45, 7) is 3.33. The van der Waals surface area contributed by atoms with Crippen LogP contribution >= 0.6 is 0 Å². The zero-order chi connectivity index (χ0) is 18.2. The van der Waals surface area contributed by atoms with E-state index in [1.54, 1.807) is 7.05 Å². The van der Waals surface area contributed by atoms with Crippen molar-refractivity contribution < 1.29 is 18.3 Å². The molecule has 0 heterocycles. The number of aryl methyl sites for hydroxylation is 1. The normalized spacial score (nSPS) is 10.8. The first-order valence-corrected chi connectivity index (χ1v) is 8.07. The van der Waals surface area contributed by atoms with Crippen molar-refractivity contribution in [3.8, 4) is 5.75 Å². The lowest BCUT2D eigenvalue weighted by Crippen LogP contribution is -2.31. The summed E-state index contributed by atoms with van der Waals surface area (Å²) >= 11 is 0. The molecule has 0 bridgehead atoms. The van der Waals surface area contributed by atoms with E-state index in [-0.39, 0.29) is 18.1 Å². The Kier molecular flexibility index (Phi) is 6.89. The molecule has 2 rings (SSSR count). The van der Waals surface area contributed by atoms with E-state index in [9.17, 15) is 13.6 Å². The van der Waals surface area contributed by atoms with Crippen LogP contribution in [0.3, 0.4) is 0 Å². The maximum Gasteiger partial charge on any atom is 0.238 e. The molecule has 6 heteroatoms. The lowest BCUT2D eigenvalue weighted by atomic mass is 10.2. The molecular formula is C19H22F2N2O2. The van der Waals surface area contributed by atoms with E-state index < -0.39 is 11.6 Å². The first kappa shape index (κ1) is 18.9. The molecule has 4 nitrogen and oxygen atoms in total. The van der Waals surface area contributed by atoms with Gasteiger partial charge in [-0.3, -0.25) is 9.69 Å². The van der Waals surface area contributed by atoms with Crippen LogP contribution in [0.15, 0.2) is 42.5 Å². The average Bonchev–Trinajstić information content (AvgIpc) is 2.52. The molecule has 0 fully saturated rings. The highest BCUT2D eigenvalue weighted by Crippen LogP contribution is 2.16. The Hall–Kier alpha value is -2.47. The summed E-state index contributed by atoms with van der Waals surface area (Å²) in [6.07, 6.45) is 0.757. The van der Waals surface area contributed by atoms with Crippen molar-refractivity contribution in [3.05, 3.63) is 59.7 Å². The number of amides is 1. The van der Waals surface area contributed by atoms with E-state index in [1.807, 2.05) is 36.1 Å². The zero-order valence-electron chi connectivity index (χ0n) is 14.4. The lowest BCUT2D eigenvalue weighted by molar-refractivity contribution is -0.117. The quantitative estimate of drug-likeness (QED) is 0.741. The minimum Gasteiger partial charge on any atom is -0.493 e. The van der Waals surface area contributed by atoms with Gasteiger partial charge in [0.1, 0.15) is 17.4 Å². The smallest absolute Gasteiger partial charge is 0.238 e. The van der Waals surface area contributed by atoms with Crippen molar-refractivity contribution in [1.29, 1.82) is 0 Å². The molecule has 2 aromatic rings. The fourth-order valence-electron chi connectivity index (χ4n) is 2.39. The number of hydrogen-bond donors (Lipinski definition) is 1. The number of nitrogens with zero attached hydrogens (tertiary/aromatic N) is 1. The van der Waals surface area contributed by atoms with Crippen molar-refractivity contribution in [2.24, 2.45) is 0 Å². The molecule has 0 aromatic heterocycles. The Morgan fingerprint density at radius 2 is 1.84 bits per heavy atom. The minimum absolute atomic E-state index is 0.110. The minimum atomic E-state index is -0.725. The highest BCUT2D eigenvalue weighted by molar-refractivity contribution is 5.92. The molecule has 0 saturated heterocycles. The third kappa shape index (κ3) is 6.51. The molecule has 0 aliphatic carbocycles. The molecule has 0 atom stereocenters. The van der Waals surface area contributed by atoms with Crippen molar-refractivity contribution >= 4 is 11.6 Å². The van der Waals surface area contributed by atoms with Gasteiger partial charge < -0.3 is 10.1 Å². The van der Waals surface area contributed by atoms with E-state index in [2.05, 4.69) is 5.32 Å². The van der Waals surface area contributed by atoms with Gasteiger partial charge in [-0.2, -0.15) is 0 Å². The third-order valence-electron chi connectivity index (χ3n) is 3.60. The van der Waals surface area contributed by atoms with Crippen molar-refractivity contribution in [2.75, 3.05) is 32.1 Å². The number of para-hydroxylation sites is 1. The van der Waals surface area contributed by atoms with Gasteiger partial charge in [0.25, 0.3) is 0 Å². The standard InChI is InChI=1S/C19H22F2N2O2/c1-14-6-3-4-7-18(14)25-9-5-8-23(2)13-19(24)22-17-11-15(20)10-16(21)12-17/h3-4,6-7,10-12H,5,8-9,13H2,1-2H3,(H,22,24). The predicted molar refractivity (Wildman–Crippen MR) is 93.8 cm³/mol. The Labute approximate surface area is 146 Å². The molecule has 0 radical (unpaired) electrons. The van der Waals surface area contributed by atoms with Crippen LogP contribution < -0.4 is 10.1 Å². The Balaban J connectivity index is 1.70. The van der Waals surface area contributed by atoms with Crippen LogP contribution in [0.2, 0.25) is 0 Å². The molecule has 0 unspecified atom stereocenters. The van der Waals surface area contributed by atoms with Gasteiger partial charge in [-0.15, -0.1) is 0 Å². The largest absolute Gasteiger partial charge is 0.493 e. The second-order valence-corrected chi connectivity index (χ2v) is 5.91. The zero-order valence-corrected chi connectivity index (χ0v) is 14.4. The second kappa shape index (κ2) is 9.13. The molecule has 0 aliphatic heterocycles. The van der Waals surface area contributed by atoms with Crippen LogP contribution in [-0.4, -0.2) is 37.6 Å². The van der Waals surface area contributed by atoms with Crippen molar-refractivity contribution in [3.63, 3.8) is 0 Å². The summed E-state index contributed by atoms with van der Waals surface area (Å²) in [4.78, 5) is 13.7. The van der Waals surface area contributed by atoms with Gasteiger partial charge >= 0.3 is 0 Å². The summed E-state index contributed by atoms with van der Waals surface area (Å²) < 4.78 is 31.9. The lowest BCUT2D eigenvalue weighted by Gasteiger charge is -2.16. The van der Waals surface area contributed by atoms with E-state index in [1.165, 1.54) is 0 Å². The molecule has 2 aromatic carbocycles. The van der Waals surface area contributed by atoms with Gasteiger partial charge in [-0.05, 0) is 44.2 Å². The van der Waals surface area contributed by atoms with Gasteiger partial charge in [0.15, 0.2) is 0 Å². The van der Waals surface area contributed by atoms with E-state index >= 15 is 0 Å². The summed E-state index contributed by atoms with van der Waals surface area (Å²) in [5.74, 6) is -0.919. The number of benzene rings is 2. The predicted octanol–water partition coefficient (Wildman–Crippen LogP) is 3.61. The monoisotopic (exact) mass is 348 g/mol. The average molecular weight is 348 g/mol. The molecule has 0 spiro atoms. The summed E-state index contributed by atoms with van der Waals surface area (Å²) in [6, 6.07) is 10.7. The number of nitrogens with one attached hydrogen (secondary N) is 1. The number of hydrogen-bond acceptors (Lipinski definition) is 3. The fraction of sp³-hybridized carbons (Fsp3) is 0.316. The van der Waals surface area contributed by atoms with Crippen molar-refractivity contribution in [2.45, 2.75) is 13.3 Å². The van der Waals surface area contributed by atoms with Crippen LogP contribution in [0.1, 0.15) is 12.0 Å². The van der Waals surface area contributed by atoms with Gasteiger partial charge in [0.2, 0.25) is 5.91 Å². The number of anilines is 1. The summed E-state index contributed by atoms with van der Waals surface area (Å²) in [5, 5.41) is 2.49. The molecular weight excluding hydrogens is 326 g/mol. The van der Waals surface area contributed by atoms with Gasteiger partial charge in [0.05, 0.1) is 13.2 Å². The Bertz CT molecular complexity index is 702. The highest BCUT2D eigenvalue weighted by Gasteiger charge is 2.09. The second-order valence-electron chi connectivity index (χ2n) is 5.91. The summed E-state index contributed by atoms with van der Waals surface area (Å²) in [5.41, 5.74) is 1.19. The number of likely N-dealkylation sites (N-methyl/N-ethyl adjacent to an activating group) is 1.